The van der Waals surface area contributed by atoms with E-state index in [1.807, 2.05) is 30.3 Å². The Morgan fingerprint density at radius 2 is 1.89 bits per heavy atom. The van der Waals surface area contributed by atoms with Crippen LogP contribution in [0.25, 0.3) is 0 Å². The molecule has 1 aromatic carbocycles. The van der Waals surface area contributed by atoms with Gasteiger partial charge in [-0.15, -0.1) is 0 Å². The van der Waals surface area contributed by atoms with Crippen molar-refractivity contribution in [2.75, 3.05) is 0 Å². The maximum Gasteiger partial charge on any atom is 0.312 e. The van der Waals surface area contributed by atoms with Crippen LogP contribution in [-0.4, -0.2) is 18.0 Å². The van der Waals surface area contributed by atoms with Crippen molar-refractivity contribution in [3.63, 3.8) is 0 Å². The van der Waals surface area contributed by atoms with Crippen LogP contribution in [-0.2, 0) is 16.2 Å². The first-order chi connectivity index (χ1) is 9.00. The summed E-state index contributed by atoms with van der Waals surface area (Å²) in [6.07, 6.45) is 0. The van der Waals surface area contributed by atoms with E-state index in [2.05, 4.69) is 10.8 Å². The molecule has 19 heavy (non-hydrogen) atoms. The Bertz CT molecular complexity index is 420. The van der Waals surface area contributed by atoms with E-state index in [0.29, 0.717) is 0 Å². The Morgan fingerprint density at radius 3 is 2.42 bits per heavy atom. The summed E-state index contributed by atoms with van der Waals surface area (Å²) in [5.41, 5.74) is 8.26. The van der Waals surface area contributed by atoms with Crippen LogP contribution >= 0.6 is 0 Å². The number of primary amides is 1. The summed E-state index contributed by atoms with van der Waals surface area (Å²) in [4.78, 5) is 27.7. The van der Waals surface area contributed by atoms with Crippen molar-refractivity contribution >= 4 is 11.9 Å². The number of hydroxylamine groups is 1. The predicted molar refractivity (Wildman–Crippen MR) is 70.7 cm³/mol. The molecule has 4 N–H and O–H groups in total. The molecule has 0 aliphatic rings. The topological polar surface area (TPSA) is 93.5 Å². The van der Waals surface area contributed by atoms with Crippen molar-refractivity contribution in [2.45, 2.75) is 26.5 Å². The quantitative estimate of drug-likeness (QED) is 0.668. The van der Waals surface area contributed by atoms with Crippen molar-refractivity contribution in [2.24, 2.45) is 11.7 Å². The van der Waals surface area contributed by atoms with Gasteiger partial charge >= 0.3 is 6.03 Å². The molecule has 1 aromatic rings. The molecule has 0 bridgehead atoms. The molecule has 0 fully saturated rings. The Morgan fingerprint density at radius 1 is 1.26 bits per heavy atom. The zero-order chi connectivity index (χ0) is 14.3. The normalized spacial score (nSPS) is 11.9. The lowest BCUT2D eigenvalue weighted by Gasteiger charge is -2.20. The minimum Gasteiger partial charge on any atom is -0.352 e. The Balaban J connectivity index is 2.42. The van der Waals surface area contributed by atoms with Crippen LogP contribution in [0, 0.1) is 5.92 Å². The summed E-state index contributed by atoms with van der Waals surface area (Å²) in [5, 5.41) is 2.37. The van der Waals surface area contributed by atoms with Gasteiger partial charge < -0.3 is 11.1 Å². The molecule has 1 rings (SSSR count). The molecule has 104 valence electrons. The molecular formula is C13H19N3O3. The van der Waals surface area contributed by atoms with Gasteiger partial charge in [0.2, 0.25) is 0 Å². The van der Waals surface area contributed by atoms with Crippen LogP contribution in [0.3, 0.4) is 0 Å². The van der Waals surface area contributed by atoms with E-state index in [1.54, 1.807) is 13.8 Å². The zero-order valence-corrected chi connectivity index (χ0v) is 11.1. The number of hydrogen-bond donors (Lipinski definition) is 3. The van der Waals surface area contributed by atoms with Crippen LogP contribution in [0.4, 0.5) is 4.79 Å². The molecule has 0 aromatic heterocycles. The fraction of sp³-hybridized carbons (Fsp3) is 0.385. The second kappa shape index (κ2) is 7.38. The van der Waals surface area contributed by atoms with E-state index in [1.165, 1.54) is 0 Å². The first-order valence-corrected chi connectivity index (χ1v) is 6.02. The number of rotatable bonds is 6. The molecule has 0 unspecified atom stereocenters. The van der Waals surface area contributed by atoms with Crippen LogP contribution in [0.1, 0.15) is 19.4 Å². The van der Waals surface area contributed by atoms with E-state index in [9.17, 15) is 9.59 Å². The number of benzene rings is 1. The molecule has 0 spiro atoms. The fourth-order valence-corrected chi connectivity index (χ4v) is 1.52. The van der Waals surface area contributed by atoms with Crippen LogP contribution in [0.5, 0.6) is 0 Å². The highest BCUT2D eigenvalue weighted by molar-refractivity contribution is 5.86. The summed E-state index contributed by atoms with van der Waals surface area (Å²) in [5.74, 6) is -0.516. The van der Waals surface area contributed by atoms with Gasteiger partial charge in [0.25, 0.3) is 5.91 Å². The first kappa shape index (κ1) is 15.0. The van der Waals surface area contributed by atoms with Gasteiger partial charge in [-0.05, 0) is 11.5 Å². The second-order valence-corrected chi connectivity index (χ2v) is 4.47. The summed E-state index contributed by atoms with van der Waals surface area (Å²) < 4.78 is 0. The summed E-state index contributed by atoms with van der Waals surface area (Å²) in [6.45, 7) is 3.86. The van der Waals surface area contributed by atoms with E-state index in [4.69, 9.17) is 10.6 Å². The lowest BCUT2D eigenvalue weighted by molar-refractivity contribution is -0.137. The smallest absolute Gasteiger partial charge is 0.312 e. The lowest BCUT2D eigenvalue weighted by Crippen LogP contribution is -2.51. The minimum atomic E-state index is -0.739. The van der Waals surface area contributed by atoms with Crippen molar-refractivity contribution in [3.8, 4) is 0 Å². The van der Waals surface area contributed by atoms with Gasteiger partial charge in [-0.1, -0.05) is 44.2 Å². The van der Waals surface area contributed by atoms with Crippen LogP contribution in [0.15, 0.2) is 30.3 Å². The van der Waals surface area contributed by atoms with Gasteiger partial charge in [-0.2, -0.15) is 0 Å². The van der Waals surface area contributed by atoms with E-state index >= 15 is 0 Å². The fourth-order valence-electron chi connectivity index (χ4n) is 1.52. The van der Waals surface area contributed by atoms with Crippen LogP contribution < -0.4 is 16.5 Å². The molecule has 0 heterocycles. The number of hydrogen-bond acceptors (Lipinski definition) is 3. The molecule has 0 saturated heterocycles. The summed E-state index contributed by atoms with van der Waals surface area (Å²) in [7, 11) is 0. The van der Waals surface area contributed by atoms with Crippen molar-refractivity contribution < 1.29 is 14.4 Å². The number of nitrogens with one attached hydrogen (secondary N) is 2. The molecule has 1 atom stereocenters. The third-order valence-electron chi connectivity index (χ3n) is 2.50. The molecule has 0 aliphatic carbocycles. The standard InChI is InChI=1S/C13H19N3O3/c1-9(2)11(15-13(14)18)12(17)16-19-8-10-6-4-3-5-7-10/h3-7,9,11H,8H2,1-2H3,(H,16,17)(H3,14,15,18)/t11-/m0/s1. The van der Waals surface area contributed by atoms with E-state index in [0.717, 1.165) is 5.56 Å². The second-order valence-electron chi connectivity index (χ2n) is 4.47. The maximum absolute atomic E-state index is 11.8. The monoisotopic (exact) mass is 265 g/mol. The largest absolute Gasteiger partial charge is 0.352 e. The van der Waals surface area contributed by atoms with E-state index < -0.39 is 18.0 Å². The number of amides is 3. The third-order valence-corrected chi connectivity index (χ3v) is 2.50. The third kappa shape index (κ3) is 5.39. The highest BCUT2D eigenvalue weighted by Gasteiger charge is 2.23. The van der Waals surface area contributed by atoms with Crippen molar-refractivity contribution in [1.82, 2.24) is 10.8 Å². The zero-order valence-electron chi connectivity index (χ0n) is 11.1. The molecule has 6 nitrogen and oxygen atoms in total. The maximum atomic E-state index is 11.8. The van der Waals surface area contributed by atoms with Gasteiger partial charge in [0.15, 0.2) is 0 Å². The SMILES string of the molecule is CC(C)[C@H](NC(N)=O)C(=O)NOCc1ccccc1. The van der Waals surface area contributed by atoms with Crippen LogP contribution in [0.2, 0.25) is 0 Å². The predicted octanol–water partition coefficient (Wildman–Crippen LogP) is 0.927. The molecular weight excluding hydrogens is 246 g/mol. The summed E-state index contributed by atoms with van der Waals surface area (Å²) >= 11 is 0. The van der Waals surface area contributed by atoms with Crippen molar-refractivity contribution in [1.29, 1.82) is 0 Å². The molecule has 6 heteroatoms. The Kier molecular flexibility index (Phi) is 5.81. The van der Waals surface area contributed by atoms with Gasteiger partial charge in [0, 0.05) is 0 Å². The van der Waals surface area contributed by atoms with E-state index in [-0.39, 0.29) is 12.5 Å². The number of nitrogens with two attached hydrogens (primary N) is 1. The van der Waals surface area contributed by atoms with Gasteiger partial charge in [0.1, 0.15) is 6.04 Å². The highest BCUT2D eigenvalue weighted by Crippen LogP contribution is 2.03. The number of carbonyl (C=O) groups is 2. The summed E-state index contributed by atoms with van der Waals surface area (Å²) in [6, 6.07) is 7.97. The molecule has 0 aliphatic heterocycles. The highest BCUT2D eigenvalue weighted by atomic mass is 16.6. The van der Waals surface area contributed by atoms with Gasteiger partial charge in [-0.3, -0.25) is 9.63 Å². The average molecular weight is 265 g/mol. The lowest BCUT2D eigenvalue weighted by atomic mass is 10.0. The minimum absolute atomic E-state index is 0.0900. The first-order valence-electron chi connectivity index (χ1n) is 6.02. The number of carbonyl (C=O) groups excluding carboxylic acids is 2. The van der Waals surface area contributed by atoms with Crippen molar-refractivity contribution in [3.05, 3.63) is 35.9 Å². The Hall–Kier alpha value is -2.08. The molecule has 0 radical (unpaired) electrons. The Labute approximate surface area is 112 Å². The average Bonchev–Trinajstić information content (AvgIpc) is 2.36. The molecule has 0 saturated carbocycles. The van der Waals surface area contributed by atoms with Gasteiger partial charge in [-0.25, -0.2) is 10.3 Å². The number of urea groups is 1. The van der Waals surface area contributed by atoms with Gasteiger partial charge in [0.05, 0.1) is 6.61 Å². The molecule has 3 amide bonds.